The molecule has 2 aromatic rings. The van der Waals surface area contributed by atoms with Crippen molar-refractivity contribution >= 4 is 17.9 Å². The molecule has 7 nitrogen and oxygen atoms in total. The highest BCUT2D eigenvalue weighted by Gasteiger charge is 2.36. The summed E-state index contributed by atoms with van der Waals surface area (Å²) in [5, 5.41) is 5.83. The Bertz CT molecular complexity index is 1060. The van der Waals surface area contributed by atoms with Gasteiger partial charge in [-0.3, -0.25) is 9.59 Å². The Hall–Kier alpha value is -3.61. The predicted molar refractivity (Wildman–Crippen MR) is 152 cm³/mol. The number of hydrogen-bond donors (Lipinski definition) is 2. The number of rotatable bonds is 12. The zero-order valence-corrected chi connectivity index (χ0v) is 23.6. The van der Waals surface area contributed by atoms with E-state index in [-0.39, 0.29) is 24.9 Å². The number of benzene rings is 2. The smallest absolute Gasteiger partial charge is 0.408 e. The maximum Gasteiger partial charge on any atom is 0.408 e. The third kappa shape index (κ3) is 9.69. The molecule has 0 saturated carbocycles. The molecule has 2 rings (SSSR count). The molecule has 0 radical (unpaired) electrons. The second kappa shape index (κ2) is 14.4. The van der Waals surface area contributed by atoms with Gasteiger partial charge in [-0.25, -0.2) is 4.79 Å². The van der Waals surface area contributed by atoms with Gasteiger partial charge in [0, 0.05) is 19.0 Å². The van der Waals surface area contributed by atoms with Crippen molar-refractivity contribution in [2.45, 2.75) is 84.5 Å². The summed E-state index contributed by atoms with van der Waals surface area (Å²) in [6, 6.07) is 15.1. The molecule has 206 valence electrons. The lowest BCUT2D eigenvalue weighted by Gasteiger charge is -2.34. The number of carbonyl (C=O) groups excluding carboxylic acids is 3. The average Bonchev–Trinajstić information content (AvgIpc) is 2.83. The summed E-state index contributed by atoms with van der Waals surface area (Å²) in [6.07, 6.45) is 2.87. The van der Waals surface area contributed by atoms with E-state index < -0.39 is 29.7 Å². The highest BCUT2D eigenvalue weighted by molar-refractivity contribution is 5.92. The lowest BCUT2D eigenvalue weighted by atomic mass is 9.99. The van der Waals surface area contributed by atoms with Crippen LogP contribution in [0.2, 0.25) is 0 Å². The maximum absolute atomic E-state index is 14.2. The van der Waals surface area contributed by atoms with E-state index in [0.29, 0.717) is 5.56 Å². The van der Waals surface area contributed by atoms with Gasteiger partial charge >= 0.3 is 6.09 Å². The SMILES string of the molecule is C=CCN(C(=O)C(Cc1ccccc1)NC(=O)OC(C)(C)C)C(C(=O)NC(C)CCC)c1ccc(C)cc1. The largest absolute Gasteiger partial charge is 0.444 e. The molecule has 0 aromatic heterocycles. The van der Waals surface area contributed by atoms with Crippen molar-refractivity contribution in [1.29, 1.82) is 0 Å². The maximum atomic E-state index is 14.2. The number of nitrogens with one attached hydrogen (secondary N) is 2. The van der Waals surface area contributed by atoms with Crippen LogP contribution in [0.1, 0.15) is 70.2 Å². The summed E-state index contributed by atoms with van der Waals surface area (Å²) in [5.41, 5.74) is 1.86. The van der Waals surface area contributed by atoms with E-state index in [2.05, 4.69) is 24.1 Å². The van der Waals surface area contributed by atoms with Crippen molar-refractivity contribution in [3.05, 3.63) is 83.9 Å². The molecule has 3 amide bonds. The molecule has 3 atom stereocenters. The minimum absolute atomic E-state index is 0.0545. The Balaban J connectivity index is 2.50. The van der Waals surface area contributed by atoms with Gasteiger partial charge in [0.05, 0.1) is 0 Å². The van der Waals surface area contributed by atoms with E-state index in [1.54, 1.807) is 26.8 Å². The van der Waals surface area contributed by atoms with Gasteiger partial charge in [0.2, 0.25) is 11.8 Å². The number of ether oxygens (including phenoxy) is 1. The Morgan fingerprint density at radius 3 is 2.21 bits per heavy atom. The van der Waals surface area contributed by atoms with Gasteiger partial charge < -0.3 is 20.3 Å². The molecule has 3 unspecified atom stereocenters. The molecule has 0 aliphatic heterocycles. The van der Waals surface area contributed by atoms with Crippen LogP contribution in [-0.4, -0.2) is 47.0 Å². The summed E-state index contributed by atoms with van der Waals surface area (Å²) >= 11 is 0. The number of hydrogen-bond acceptors (Lipinski definition) is 4. The molecule has 0 heterocycles. The summed E-state index contributed by atoms with van der Waals surface area (Å²) in [6.45, 7) is 15.2. The lowest BCUT2D eigenvalue weighted by molar-refractivity contribution is -0.142. The minimum Gasteiger partial charge on any atom is -0.444 e. The second-order valence-corrected chi connectivity index (χ2v) is 10.7. The zero-order valence-electron chi connectivity index (χ0n) is 23.6. The van der Waals surface area contributed by atoms with Gasteiger partial charge in [0.1, 0.15) is 17.7 Å². The fourth-order valence-electron chi connectivity index (χ4n) is 4.21. The number of amides is 3. The quantitative estimate of drug-likeness (QED) is 0.362. The highest BCUT2D eigenvalue weighted by atomic mass is 16.6. The minimum atomic E-state index is -0.957. The fraction of sp³-hybridized carbons (Fsp3) is 0.452. The molecule has 0 bridgehead atoms. The monoisotopic (exact) mass is 521 g/mol. The van der Waals surface area contributed by atoms with Crippen LogP contribution in [0.25, 0.3) is 0 Å². The topological polar surface area (TPSA) is 87.7 Å². The van der Waals surface area contributed by atoms with Gasteiger partial charge in [0.25, 0.3) is 0 Å². The lowest BCUT2D eigenvalue weighted by Crippen LogP contribution is -2.54. The predicted octanol–water partition coefficient (Wildman–Crippen LogP) is 5.49. The Labute approximate surface area is 227 Å². The second-order valence-electron chi connectivity index (χ2n) is 10.7. The van der Waals surface area contributed by atoms with Crippen LogP contribution in [0.5, 0.6) is 0 Å². The van der Waals surface area contributed by atoms with E-state index >= 15 is 0 Å². The zero-order chi connectivity index (χ0) is 28.3. The van der Waals surface area contributed by atoms with Gasteiger partial charge in [-0.15, -0.1) is 6.58 Å². The fourth-order valence-corrected chi connectivity index (χ4v) is 4.21. The van der Waals surface area contributed by atoms with Crippen LogP contribution < -0.4 is 10.6 Å². The van der Waals surface area contributed by atoms with Crippen molar-refractivity contribution in [1.82, 2.24) is 15.5 Å². The molecule has 0 saturated heterocycles. The van der Waals surface area contributed by atoms with E-state index in [0.717, 1.165) is 24.0 Å². The first-order valence-electron chi connectivity index (χ1n) is 13.3. The first kappa shape index (κ1) is 30.6. The summed E-state index contributed by atoms with van der Waals surface area (Å²) in [4.78, 5) is 42.1. The van der Waals surface area contributed by atoms with Crippen LogP contribution in [-0.2, 0) is 20.7 Å². The summed E-state index contributed by atoms with van der Waals surface area (Å²) < 4.78 is 5.46. The number of aryl methyl sites for hydroxylation is 1. The van der Waals surface area contributed by atoms with Gasteiger partial charge in [-0.05, 0) is 52.2 Å². The molecule has 38 heavy (non-hydrogen) atoms. The number of alkyl carbamates (subject to hydrolysis) is 1. The standard InChI is InChI=1S/C31H43N3O4/c1-8-13-23(4)32-28(35)27(25-18-16-22(3)17-19-25)34(20-9-2)29(36)26(21-24-14-11-10-12-15-24)33-30(37)38-31(5,6)7/h9-12,14-19,23,26-27H,2,8,13,20-21H2,1,3-7H3,(H,32,35)(H,33,37). The van der Waals surface area contributed by atoms with Crippen LogP contribution in [0.15, 0.2) is 67.3 Å². The number of carbonyl (C=O) groups is 3. The third-order valence-electron chi connectivity index (χ3n) is 5.94. The molecular formula is C31H43N3O4. The van der Waals surface area contributed by atoms with E-state index in [4.69, 9.17) is 4.74 Å². The molecule has 0 spiro atoms. The first-order valence-corrected chi connectivity index (χ1v) is 13.3. The molecule has 2 N–H and O–H groups in total. The van der Waals surface area contributed by atoms with Crippen LogP contribution in [0.4, 0.5) is 4.79 Å². The average molecular weight is 522 g/mol. The summed E-state index contributed by atoms with van der Waals surface area (Å²) in [7, 11) is 0. The van der Waals surface area contributed by atoms with Crippen LogP contribution in [0, 0.1) is 6.92 Å². The van der Waals surface area contributed by atoms with E-state index in [1.807, 2.05) is 68.4 Å². The van der Waals surface area contributed by atoms with Gasteiger partial charge in [-0.1, -0.05) is 79.6 Å². The first-order chi connectivity index (χ1) is 17.9. The third-order valence-corrected chi connectivity index (χ3v) is 5.94. The van der Waals surface area contributed by atoms with Crippen molar-refractivity contribution in [3.8, 4) is 0 Å². The van der Waals surface area contributed by atoms with Gasteiger partial charge in [0.15, 0.2) is 0 Å². The molecule has 7 heteroatoms. The Morgan fingerprint density at radius 2 is 1.66 bits per heavy atom. The molecule has 2 aromatic carbocycles. The Kier molecular flexibility index (Phi) is 11.6. The normalized spacial score (nSPS) is 13.5. The highest BCUT2D eigenvalue weighted by Crippen LogP contribution is 2.24. The van der Waals surface area contributed by atoms with Crippen molar-refractivity contribution in [2.75, 3.05) is 6.54 Å². The van der Waals surface area contributed by atoms with Crippen LogP contribution in [0.3, 0.4) is 0 Å². The van der Waals surface area contributed by atoms with E-state index in [1.165, 1.54) is 4.90 Å². The van der Waals surface area contributed by atoms with E-state index in [9.17, 15) is 14.4 Å². The summed E-state index contributed by atoms with van der Waals surface area (Å²) in [5.74, 6) is -0.677. The van der Waals surface area contributed by atoms with Crippen molar-refractivity contribution < 1.29 is 19.1 Å². The molecule has 0 fully saturated rings. The van der Waals surface area contributed by atoms with Gasteiger partial charge in [-0.2, -0.15) is 0 Å². The Morgan fingerprint density at radius 1 is 1.03 bits per heavy atom. The molecular weight excluding hydrogens is 478 g/mol. The molecule has 0 aliphatic carbocycles. The molecule has 0 aliphatic rings. The van der Waals surface area contributed by atoms with Crippen LogP contribution >= 0.6 is 0 Å². The van der Waals surface area contributed by atoms with Crippen molar-refractivity contribution in [3.63, 3.8) is 0 Å². The van der Waals surface area contributed by atoms with Crippen molar-refractivity contribution in [2.24, 2.45) is 0 Å². The number of nitrogens with zero attached hydrogens (tertiary/aromatic N) is 1.